The Morgan fingerprint density at radius 1 is 1.26 bits per heavy atom. The van der Waals surface area contributed by atoms with E-state index in [-0.39, 0.29) is 11.8 Å². The summed E-state index contributed by atoms with van der Waals surface area (Å²) in [6.45, 7) is 2.83. The van der Waals surface area contributed by atoms with Gasteiger partial charge in [0.1, 0.15) is 18.2 Å². The summed E-state index contributed by atoms with van der Waals surface area (Å²) in [6.07, 6.45) is 2.71. The highest BCUT2D eigenvalue weighted by atomic mass is 16.5. The first kappa shape index (κ1) is 18.9. The Balaban J connectivity index is 1.34. The number of fused-ring (bicyclic) bond motifs is 1. The molecule has 0 unspecified atom stereocenters. The second kappa shape index (κ2) is 9.18. The fourth-order valence-electron chi connectivity index (χ4n) is 2.88. The number of hydrogen-bond donors (Lipinski definition) is 2. The molecule has 0 radical (unpaired) electrons. The molecule has 0 spiro atoms. The first-order valence-corrected chi connectivity index (χ1v) is 8.97. The summed E-state index contributed by atoms with van der Waals surface area (Å²) in [5.41, 5.74) is 1.55. The molecule has 8 heteroatoms. The molecule has 3 rings (SSSR count). The summed E-state index contributed by atoms with van der Waals surface area (Å²) in [6, 6.07) is 6.89. The fraction of sp³-hybridized carbons (Fsp3) is 0.421. The van der Waals surface area contributed by atoms with Gasteiger partial charge in [-0.05, 0) is 30.7 Å². The lowest BCUT2D eigenvalue weighted by Crippen LogP contribution is -2.28. The number of benzene rings is 1. The molecule has 2 amide bonds. The van der Waals surface area contributed by atoms with Crippen LogP contribution in [0.4, 0.5) is 0 Å². The second-order valence-electron chi connectivity index (χ2n) is 6.23. The van der Waals surface area contributed by atoms with E-state index >= 15 is 0 Å². The van der Waals surface area contributed by atoms with E-state index in [4.69, 9.17) is 9.47 Å². The number of aromatic nitrogens is 2. The van der Waals surface area contributed by atoms with Gasteiger partial charge < -0.3 is 24.7 Å². The molecule has 0 fully saturated rings. The zero-order valence-electron chi connectivity index (χ0n) is 15.4. The maximum Gasteiger partial charge on any atom is 0.251 e. The molecule has 1 aromatic carbocycles. The molecule has 2 aromatic rings. The predicted molar refractivity (Wildman–Crippen MR) is 98.3 cm³/mol. The van der Waals surface area contributed by atoms with Crippen LogP contribution in [0.3, 0.4) is 0 Å². The quantitative estimate of drug-likeness (QED) is 0.680. The third kappa shape index (κ3) is 5.07. The maximum atomic E-state index is 12.0. The minimum atomic E-state index is -0.161. The van der Waals surface area contributed by atoms with Crippen molar-refractivity contribution in [3.05, 3.63) is 47.5 Å². The van der Waals surface area contributed by atoms with Crippen molar-refractivity contribution in [1.82, 2.24) is 20.2 Å². The molecule has 0 saturated carbocycles. The minimum Gasteiger partial charge on any atom is -0.497 e. The number of ether oxygens (including phenoxy) is 2. The average Bonchev–Trinajstić information content (AvgIpc) is 3.12. The largest absolute Gasteiger partial charge is 0.497 e. The van der Waals surface area contributed by atoms with Gasteiger partial charge in [-0.1, -0.05) is 0 Å². The normalized spacial score (nSPS) is 12.9. The zero-order chi connectivity index (χ0) is 19.1. The van der Waals surface area contributed by atoms with Gasteiger partial charge in [-0.15, -0.1) is 0 Å². The number of amides is 2. The molecule has 1 aromatic heterocycles. The van der Waals surface area contributed by atoms with Gasteiger partial charge in [0.15, 0.2) is 0 Å². The summed E-state index contributed by atoms with van der Waals surface area (Å²) < 4.78 is 12.5. The molecule has 0 saturated heterocycles. The Morgan fingerprint density at radius 2 is 2.07 bits per heavy atom. The maximum absolute atomic E-state index is 12.0. The minimum absolute atomic E-state index is 0.0451. The van der Waals surface area contributed by atoms with E-state index in [1.165, 1.54) is 0 Å². The van der Waals surface area contributed by atoms with E-state index in [0.29, 0.717) is 50.5 Å². The Kier molecular flexibility index (Phi) is 6.43. The summed E-state index contributed by atoms with van der Waals surface area (Å²) >= 11 is 0. The smallest absolute Gasteiger partial charge is 0.251 e. The summed E-state index contributed by atoms with van der Waals surface area (Å²) in [7, 11) is 1.58. The molecule has 2 heterocycles. The molecule has 1 aliphatic rings. The number of nitrogens with zero attached hydrogens (tertiary/aromatic N) is 2. The van der Waals surface area contributed by atoms with E-state index in [9.17, 15) is 9.59 Å². The van der Waals surface area contributed by atoms with E-state index in [1.807, 2.05) is 0 Å². The number of nitrogens with one attached hydrogen (secondary N) is 2. The van der Waals surface area contributed by atoms with E-state index < -0.39 is 0 Å². The van der Waals surface area contributed by atoms with Crippen LogP contribution in [0.15, 0.2) is 30.5 Å². The Hall–Kier alpha value is -2.87. The van der Waals surface area contributed by atoms with Gasteiger partial charge in [-0.2, -0.15) is 0 Å². The van der Waals surface area contributed by atoms with Gasteiger partial charge in [-0.25, -0.2) is 4.98 Å². The van der Waals surface area contributed by atoms with Gasteiger partial charge in [0, 0.05) is 25.1 Å². The molecule has 0 aliphatic carbocycles. The van der Waals surface area contributed by atoms with Gasteiger partial charge in [0.05, 0.1) is 32.2 Å². The van der Waals surface area contributed by atoms with E-state index in [1.54, 1.807) is 37.6 Å². The highest BCUT2D eigenvalue weighted by molar-refractivity contribution is 5.94. The predicted octanol–water partition coefficient (Wildman–Crippen LogP) is 1.25. The van der Waals surface area contributed by atoms with Crippen molar-refractivity contribution < 1.29 is 19.1 Å². The number of imidazole rings is 1. The number of carbonyl (C=O) groups excluding carboxylic acids is 2. The molecule has 8 nitrogen and oxygen atoms in total. The SMILES string of the molecule is COc1ccc(C(=O)NCCCC(=O)NCc2cnc3n2CCOC3)cc1. The average molecular weight is 372 g/mol. The van der Waals surface area contributed by atoms with Crippen LogP contribution in [0.5, 0.6) is 5.75 Å². The molecular formula is C19H24N4O4. The number of carbonyl (C=O) groups is 2. The molecule has 144 valence electrons. The number of hydrogen-bond acceptors (Lipinski definition) is 5. The van der Waals surface area contributed by atoms with Gasteiger partial charge in [0.2, 0.25) is 5.91 Å². The lowest BCUT2D eigenvalue weighted by Gasteiger charge is -2.17. The van der Waals surface area contributed by atoms with Crippen LogP contribution < -0.4 is 15.4 Å². The van der Waals surface area contributed by atoms with Crippen molar-refractivity contribution in [2.45, 2.75) is 32.5 Å². The van der Waals surface area contributed by atoms with Crippen LogP contribution in [0, 0.1) is 0 Å². The zero-order valence-corrected chi connectivity index (χ0v) is 15.4. The highest BCUT2D eigenvalue weighted by Gasteiger charge is 2.14. The summed E-state index contributed by atoms with van der Waals surface area (Å²) in [4.78, 5) is 28.3. The molecule has 2 N–H and O–H groups in total. The summed E-state index contributed by atoms with van der Waals surface area (Å²) in [5.74, 6) is 1.39. The van der Waals surface area contributed by atoms with Crippen molar-refractivity contribution in [3.8, 4) is 5.75 Å². The van der Waals surface area contributed by atoms with Gasteiger partial charge >= 0.3 is 0 Å². The van der Waals surface area contributed by atoms with Crippen molar-refractivity contribution in [1.29, 1.82) is 0 Å². The molecule has 0 atom stereocenters. The third-order valence-corrected chi connectivity index (χ3v) is 4.40. The van der Waals surface area contributed by atoms with Crippen LogP contribution in [0.1, 0.15) is 34.7 Å². The van der Waals surface area contributed by atoms with Gasteiger partial charge in [0.25, 0.3) is 5.91 Å². The van der Waals surface area contributed by atoms with Crippen molar-refractivity contribution in [3.63, 3.8) is 0 Å². The monoisotopic (exact) mass is 372 g/mol. The van der Waals surface area contributed by atoms with Crippen LogP contribution in [0.25, 0.3) is 0 Å². The first-order chi connectivity index (χ1) is 13.2. The van der Waals surface area contributed by atoms with E-state index in [0.717, 1.165) is 18.1 Å². The Bertz CT molecular complexity index is 786. The summed E-state index contributed by atoms with van der Waals surface area (Å²) in [5, 5.41) is 5.72. The third-order valence-electron chi connectivity index (χ3n) is 4.40. The highest BCUT2D eigenvalue weighted by Crippen LogP contribution is 2.12. The topological polar surface area (TPSA) is 94.5 Å². The molecule has 27 heavy (non-hydrogen) atoms. The molecule has 1 aliphatic heterocycles. The first-order valence-electron chi connectivity index (χ1n) is 8.97. The molecular weight excluding hydrogens is 348 g/mol. The Morgan fingerprint density at radius 3 is 2.85 bits per heavy atom. The van der Waals surface area contributed by atoms with Crippen molar-refractivity contribution in [2.24, 2.45) is 0 Å². The standard InChI is InChI=1S/C19H24N4O4/c1-26-16-6-4-14(5-7-16)19(25)20-8-2-3-18(24)22-12-15-11-21-17-13-27-10-9-23(15)17/h4-7,11H,2-3,8-10,12-13H2,1H3,(H,20,25)(H,22,24). The molecule has 0 bridgehead atoms. The van der Waals surface area contributed by atoms with Crippen LogP contribution >= 0.6 is 0 Å². The van der Waals surface area contributed by atoms with Crippen LogP contribution in [0.2, 0.25) is 0 Å². The number of rotatable bonds is 8. The van der Waals surface area contributed by atoms with Gasteiger partial charge in [-0.3, -0.25) is 9.59 Å². The van der Waals surface area contributed by atoms with Crippen molar-refractivity contribution in [2.75, 3.05) is 20.3 Å². The second-order valence-corrected chi connectivity index (χ2v) is 6.23. The van der Waals surface area contributed by atoms with Crippen LogP contribution in [-0.4, -0.2) is 41.6 Å². The Labute approximate surface area is 157 Å². The van der Waals surface area contributed by atoms with Crippen molar-refractivity contribution >= 4 is 11.8 Å². The van der Waals surface area contributed by atoms with E-state index in [2.05, 4.69) is 20.2 Å². The lowest BCUT2D eigenvalue weighted by atomic mass is 10.2. The van der Waals surface area contributed by atoms with Crippen LogP contribution in [-0.2, 0) is 29.2 Å². The fourth-order valence-corrected chi connectivity index (χ4v) is 2.88. The number of methoxy groups -OCH3 is 1. The lowest BCUT2D eigenvalue weighted by molar-refractivity contribution is -0.121.